The number of fused-ring (bicyclic) bond motifs is 1. The fourth-order valence-corrected chi connectivity index (χ4v) is 2.77. The molecule has 0 saturated carbocycles. The molecule has 0 aliphatic carbocycles. The summed E-state index contributed by atoms with van der Waals surface area (Å²) in [7, 11) is 0. The zero-order valence-electron chi connectivity index (χ0n) is 10.1. The topological polar surface area (TPSA) is 29.5 Å². The maximum atomic E-state index is 13.4. The van der Waals surface area contributed by atoms with Gasteiger partial charge in [-0.3, -0.25) is 0 Å². The maximum Gasteiger partial charge on any atom is 0.124 e. The fraction of sp³-hybridized carbons (Fsp3) is 0.200. The van der Waals surface area contributed by atoms with Crippen LogP contribution in [0.15, 0.2) is 40.9 Å². The molecule has 1 aliphatic heterocycles. The molecular weight excluding hydrogens is 311 g/mol. The summed E-state index contributed by atoms with van der Waals surface area (Å²) in [5.41, 5.74) is 3.52. The lowest BCUT2D eigenvalue weighted by molar-refractivity contribution is 0.134. The molecule has 2 nitrogen and oxygen atoms in total. The Labute approximate surface area is 119 Å². The highest BCUT2D eigenvalue weighted by Gasteiger charge is 2.16. The molecule has 19 heavy (non-hydrogen) atoms. The second kappa shape index (κ2) is 5.04. The molecule has 1 atom stereocenters. The highest BCUT2D eigenvalue weighted by atomic mass is 79.9. The van der Waals surface area contributed by atoms with Gasteiger partial charge >= 0.3 is 0 Å². The number of hydrogen-bond acceptors (Lipinski definition) is 2. The fourth-order valence-electron chi connectivity index (χ4n) is 2.29. The number of aliphatic hydroxyl groups excluding tert-OH is 1. The standard InChI is InChI=1S/C15H12BrFO2/c16-13-4-11(5-14(17)6-13)15(18)9-1-2-10-7-19-8-12(10)3-9/h1-6,15,18H,7-8H2. The summed E-state index contributed by atoms with van der Waals surface area (Å²) in [5, 5.41) is 10.3. The Bertz CT molecular complexity index is 607. The molecule has 0 aromatic heterocycles. The lowest BCUT2D eigenvalue weighted by Gasteiger charge is -2.13. The van der Waals surface area contributed by atoms with Crippen molar-refractivity contribution in [3.8, 4) is 0 Å². The summed E-state index contributed by atoms with van der Waals surface area (Å²) in [5.74, 6) is -0.368. The van der Waals surface area contributed by atoms with Crippen LogP contribution in [0, 0.1) is 5.82 Å². The van der Waals surface area contributed by atoms with Crippen molar-refractivity contribution in [2.24, 2.45) is 0 Å². The SMILES string of the molecule is OC(c1cc(F)cc(Br)c1)c1ccc2c(c1)COC2. The number of ether oxygens (including phenoxy) is 1. The van der Waals surface area contributed by atoms with Gasteiger partial charge in [0, 0.05) is 4.47 Å². The second-order valence-electron chi connectivity index (χ2n) is 4.63. The van der Waals surface area contributed by atoms with Crippen LogP contribution < -0.4 is 0 Å². The summed E-state index contributed by atoms with van der Waals surface area (Å²) in [6, 6.07) is 10.2. The van der Waals surface area contributed by atoms with Gasteiger partial charge in [-0.05, 0) is 40.5 Å². The summed E-state index contributed by atoms with van der Waals surface area (Å²) >= 11 is 3.23. The van der Waals surface area contributed by atoms with Crippen molar-refractivity contribution in [1.29, 1.82) is 0 Å². The number of halogens is 2. The van der Waals surface area contributed by atoms with Crippen LogP contribution in [0.25, 0.3) is 0 Å². The van der Waals surface area contributed by atoms with E-state index in [4.69, 9.17) is 4.74 Å². The first-order chi connectivity index (χ1) is 9.13. The van der Waals surface area contributed by atoms with Crippen LogP contribution in [0.4, 0.5) is 4.39 Å². The van der Waals surface area contributed by atoms with E-state index in [1.54, 1.807) is 6.07 Å². The molecule has 0 fully saturated rings. The van der Waals surface area contributed by atoms with E-state index in [2.05, 4.69) is 15.9 Å². The normalized spacial score (nSPS) is 15.3. The highest BCUT2D eigenvalue weighted by Crippen LogP contribution is 2.29. The molecule has 0 spiro atoms. The van der Waals surface area contributed by atoms with Crippen molar-refractivity contribution in [2.75, 3.05) is 0 Å². The Morgan fingerprint density at radius 2 is 1.84 bits per heavy atom. The predicted molar refractivity (Wildman–Crippen MR) is 73.1 cm³/mol. The number of hydrogen-bond donors (Lipinski definition) is 1. The molecule has 1 aliphatic rings. The van der Waals surface area contributed by atoms with E-state index in [1.165, 1.54) is 12.1 Å². The Kier molecular flexibility index (Phi) is 3.39. The highest BCUT2D eigenvalue weighted by molar-refractivity contribution is 9.10. The molecule has 3 rings (SSSR count). The zero-order chi connectivity index (χ0) is 13.4. The third-order valence-electron chi connectivity index (χ3n) is 3.26. The third kappa shape index (κ3) is 2.56. The molecule has 0 saturated heterocycles. The second-order valence-corrected chi connectivity index (χ2v) is 5.54. The first-order valence-electron chi connectivity index (χ1n) is 5.97. The van der Waals surface area contributed by atoms with Gasteiger partial charge < -0.3 is 9.84 Å². The molecule has 2 aromatic rings. The summed E-state index contributed by atoms with van der Waals surface area (Å²) in [6.45, 7) is 1.19. The number of rotatable bonds is 2. The van der Waals surface area contributed by atoms with E-state index < -0.39 is 6.10 Å². The van der Waals surface area contributed by atoms with Gasteiger partial charge in [-0.1, -0.05) is 34.1 Å². The lowest BCUT2D eigenvalue weighted by atomic mass is 9.98. The molecule has 1 heterocycles. The maximum absolute atomic E-state index is 13.4. The van der Waals surface area contributed by atoms with Gasteiger partial charge in [0.1, 0.15) is 11.9 Å². The van der Waals surface area contributed by atoms with Gasteiger partial charge in [0.25, 0.3) is 0 Å². The monoisotopic (exact) mass is 322 g/mol. The zero-order valence-corrected chi connectivity index (χ0v) is 11.7. The third-order valence-corrected chi connectivity index (χ3v) is 3.72. The first-order valence-corrected chi connectivity index (χ1v) is 6.76. The Balaban J connectivity index is 1.97. The Morgan fingerprint density at radius 1 is 1.05 bits per heavy atom. The van der Waals surface area contributed by atoms with Crippen molar-refractivity contribution < 1.29 is 14.2 Å². The largest absolute Gasteiger partial charge is 0.384 e. The van der Waals surface area contributed by atoms with Crippen LogP contribution in [0.3, 0.4) is 0 Å². The van der Waals surface area contributed by atoms with Gasteiger partial charge in [0.05, 0.1) is 13.2 Å². The molecule has 0 bridgehead atoms. The van der Waals surface area contributed by atoms with Crippen LogP contribution >= 0.6 is 15.9 Å². The van der Waals surface area contributed by atoms with E-state index >= 15 is 0 Å². The Morgan fingerprint density at radius 3 is 2.63 bits per heavy atom. The van der Waals surface area contributed by atoms with Crippen LogP contribution in [0.2, 0.25) is 0 Å². The summed E-state index contributed by atoms with van der Waals surface area (Å²) in [4.78, 5) is 0. The van der Waals surface area contributed by atoms with Crippen LogP contribution in [0.5, 0.6) is 0 Å². The molecule has 2 aromatic carbocycles. The van der Waals surface area contributed by atoms with Crippen molar-refractivity contribution in [3.05, 3.63) is 68.9 Å². The molecule has 1 unspecified atom stereocenters. The summed E-state index contributed by atoms with van der Waals surface area (Å²) in [6.07, 6.45) is -0.835. The van der Waals surface area contributed by atoms with Crippen LogP contribution in [-0.4, -0.2) is 5.11 Å². The van der Waals surface area contributed by atoms with Crippen LogP contribution in [0.1, 0.15) is 28.4 Å². The number of aliphatic hydroxyl groups is 1. The minimum Gasteiger partial charge on any atom is -0.384 e. The van der Waals surface area contributed by atoms with Gasteiger partial charge in [-0.25, -0.2) is 4.39 Å². The first kappa shape index (κ1) is 12.8. The quantitative estimate of drug-likeness (QED) is 0.913. The molecule has 0 amide bonds. The van der Waals surface area contributed by atoms with E-state index in [1.807, 2.05) is 18.2 Å². The van der Waals surface area contributed by atoms with Gasteiger partial charge in [0.2, 0.25) is 0 Å². The van der Waals surface area contributed by atoms with Crippen molar-refractivity contribution in [3.63, 3.8) is 0 Å². The molecule has 98 valence electrons. The van der Waals surface area contributed by atoms with Crippen molar-refractivity contribution in [1.82, 2.24) is 0 Å². The summed E-state index contributed by atoms with van der Waals surface area (Å²) < 4.78 is 19.3. The van der Waals surface area contributed by atoms with Gasteiger partial charge in [-0.15, -0.1) is 0 Å². The average molecular weight is 323 g/mol. The van der Waals surface area contributed by atoms with Gasteiger partial charge in [0.15, 0.2) is 0 Å². The van der Waals surface area contributed by atoms with Crippen molar-refractivity contribution in [2.45, 2.75) is 19.3 Å². The Hall–Kier alpha value is -1.23. The molecule has 0 radical (unpaired) electrons. The van der Waals surface area contributed by atoms with Crippen molar-refractivity contribution >= 4 is 15.9 Å². The molecule has 1 N–H and O–H groups in total. The lowest BCUT2D eigenvalue weighted by Crippen LogP contribution is -2.01. The molecule has 4 heteroatoms. The van der Waals surface area contributed by atoms with E-state index in [0.717, 1.165) is 16.7 Å². The average Bonchev–Trinajstić information content (AvgIpc) is 2.83. The van der Waals surface area contributed by atoms with E-state index in [-0.39, 0.29) is 5.82 Å². The minimum atomic E-state index is -0.835. The molecular formula is C15H12BrFO2. The van der Waals surface area contributed by atoms with E-state index in [9.17, 15) is 9.50 Å². The number of benzene rings is 2. The van der Waals surface area contributed by atoms with Crippen LogP contribution in [-0.2, 0) is 18.0 Å². The minimum absolute atomic E-state index is 0.368. The van der Waals surface area contributed by atoms with Gasteiger partial charge in [-0.2, -0.15) is 0 Å². The predicted octanol–water partition coefficient (Wildman–Crippen LogP) is 3.70. The smallest absolute Gasteiger partial charge is 0.124 e. The van der Waals surface area contributed by atoms with E-state index in [0.29, 0.717) is 23.2 Å².